The molecule has 7 heteroatoms. The second kappa shape index (κ2) is 6.09. The second-order valence-corrected chi connectivity index (χ2v) is 8.06. The van der Waals surface area contributed by atoms with Crippen molar-refractivity contribution in [1.82, 2.24) is 5.32 Å². The van der Waals surface area contributed by atoms with Crippen molar-refractivity contribution in [2.45, 2.75) is 57.7 Å². The highest BCUT2D eigenvalue weighted by Crippen LogP contribution is 2.25. The number of nitrogens with two attached hydrogens (primary N) is 1. The highest BCUT2D eigenvalue weighted by atomic mass is 35.5. The fourth-order valence-corrected chi connectivity index (χ4v) is 3.90. The third kappa shape index (κ3) is 4.42. The molecule has 23 heavy (non-hydrogen) atoms. The van der Waals surface area contributed by atoms with Crippen molar-refractivity contribution in [3.63, 3.8) is 0 Å². The molecule has 1 saturated heterocycles. The van der Waals surface area contributed by atoms with Gasteiger partial charge in [0.1, 0.15) is 5.56 Å². The lowest BCUT2D eigenvalue weighted by Crippen LogP contribution is -3.06. The largest absolute Gasteiger partial charge is 0.349 e. The van der Waals surface area contributed by atoms with Gasteiger partial charge < -0.3 is 10.6 Å². The molecule has 0 aliphatic carbocycles. The van der Waals surface area contributed by atoms with Gasteiger partial charge in [-0.1, -0.05) is 11.6 Å². The number of nitrogens with one attached hydrogen (secondary N) is 1. The molecule has 1 aliphatic rings. The Hall–Kier alpha value is -1.66. The number of benzene rings is 1. The minimum Gasteiger partial charge on any atom is -0.349 e. The first-order valence-electron chi connectivity index (χ1n) is 7.61. The van der Waals surface area contributed by atoms with Crippen LogP contribution in [-0.4, -0.2) is 28.0 Å². The minimum atomic E-state index is -0.580. The fraction of sp³-hybridized carbons (Fsp3) is 0.562. The van der Waals surface area contributed by atoms with Crippen LogP contribution in [0.4, 0.5) is 5.69 Å². The van der Waals surface area contributed by atoms with Crippen molar-refractivity contribution >= 4 is 23.2 Å². The van der Waals surface area contributed by atoms with Crippen molar-refractivity contribution in [3.05, 3.63) is 38.9 Å². The van der Waals surface area contributed by atoms with Gasteiger partial charge in [0, 0.05) is 30.0 Å². The molecule has 1 aliphatic heterocycles. The third-order valence-corrected chi connectivity index (χ3v) is 4.30. The van der Waals surface area contributed by atoms with Crippen LogP contribution in [0.2, 0.25) is 5.02 Å². The summed E-state index contributed by atoms with van der Waals surface area (Å²) in [6.45, 7) is 8.55. The van der Waals surface area contributed by atoms with E-state index in [-0.39, 0.29) is 33.4 Å². The van der Waals surface area contributed by atoms with Crippen LogP contribution in [0.15, 0.2) is 18.2 Å². The zero-order valence-corrected chi connectivity index (χ0v) is 14.6. The molecule has 1 amide bonds. The lowest BCUT2D eigenvalue weighted by molar-refractivity contribution is -0.787. The lowest BCUT2D eigenvalue weighted by atomic mass is 9.79. The van der Waals surface area contributed by atoms with E-state index in [2.05, 4.69) is 38.3 Å². The summed E-state index contributed by atoms with van der Waals surface area (Å²) in [6.07, 6.45) is 1.62. The molecule has 0 atom stereocenters. The van der Waals surface area contributed by atoms with Crippen LogP contribution in [0.5, 0.6) is 0 Å². The Morgan fingerprint density at radius 2 is 1.87 bits per heavy atom. The number of nitrogens with zero attached hydrogens (tertiary/aromatic N) is 1. The molecule has 0 bridgehead atoms. The Balaban J connectivity index is 2.21. The number of piperidine rings is 1. The summed E-state index contributed by atoms with van der Waals surface area (Å²) in [6, 6.07) is 4.08. The maximum atomic E-state index is 12.5. The van der Waals surface area contributed by atoms with E-state index in [9.17, 15) is 14.9 Å². The summed E-state index contributed by atoms with van der Waals surface area (Å²) in [4.78, 5) is 23.1. The van der Waals surface area contributed by atoms with Crippen LogP contribution in [0, 0.1) is 10.1 Å². The molecule has 3 N–H and O–H groups in total. The highest BCUT2D eigenvalue weighted by molar-refractivity contribution is 6.31. The van der Waals surface area contributed by atoms with Crippen LogP contribution < -0.4 is 10.6 Å². The van der Waals surface area contributed by atoms with E-state index in [1.165, 1.54) is 18.2 Å². The number of nitro benzene ring substituents is 1. The van der Waals surface area contributed by atoms with Crippen LogP contribution in [0.1, 0.15) is 50.9 Å². The smallest absolute Gasteiger partial charge is 0.283 e. The van der Waals surface area contributed by atoms with Crippen molar-refractivity contribution < 1.29 is 15.0 Å². The summed E-state index contributed by atoms with van der Waals surface area (Å²) in [5.74, 6) is -0.424. The lowest BCUT2D eigenvalue weighted by Gasteiger charge is -2.43. The quantitative estimate of drug-likeness (QED) is 0.653. The standard InChI is InChI=1S/C16H22ClN3O3/c1-15(2)8-11(9-16(3,4)19-15)18-14(21)12-6-5-10(17)7-13(12)20(22)23/h5-7,11,19H,8-9H2,1-4H3,(H,18,21)/p+1. The molecule has 0 unspecified atom stereocenters. The molecule has 1 fully saturated rings. The predicted molar refractivity (Wildman–Crippen MR) is 88.7 cm³/mol. The van der Waals surface area contributed by atoms with Gasteiger partial charge in [-0.3, -0.25) is 14.9 Å². The number of rotatable bonds is 3. The number of amides is 1. The van der Waals surface area contributed by atoms with E-state index < -0.39 is 10.8 Å². The molecular formula is C16H23ClN3O3+. The van der Waals surface area contributed by atoms with Gasteiger partial charge in [-0.05, 0) is 39.8 Å². The Morgan fingerprint density at radius 3 is 2.39 bits per heavy atom. The predicted octanol–water partition coefficient (Wildman–Crippen LogP) is 2.26. The average molecular weight is 341 g/mol. The third-order valence-electron chi connectivity index (χ3n) is 4.06. The van der Waals surface area contributed by atoms with E-state index in [1.807, 2.05) is 0 Å². The maximum Gasteiger partial charge on any atom is 0.283 e. The van der Waals surface area contributed by atoms with E-state index in [1.54, 1.807) is 0 Å². The molecule has 0 aromatic heterocycles. The zero-order chi connectivity index (χ0) is 17.4. The average Bonchev–Trinajstić information content (AvgIpc) is 2.34. The molecule has 1 heterocycles. The second-order valence-electron chi connectivity index (χ2n) is 7.62. The molecule has 126 valence electrons. The number of halogens is 1. The number of carbonyl (C=O) groups excluding carboxylic acids is 1. The van der Waals surface area contributed by atoms with Gasteiger partial charge in [0.15, 0.2) is 0 Å². The van der Waals surface area contributed by atoms with Crippen LogP contribution in [0.25, 0.3) is 0 Å². The monoisotopic (exact) mass is 340 g/mol. The van der Waals surface area contributed by atoms with E-state index >= 15 is 0 Å². The molecule has 6 nitrogen and oxygen atoms in total. The Bertz CT molecular complexity index is 627. The van der Waals surface area contributed by atoms with Gasteiger partial charge in [-0.25, -0.2) is 0 Å². The van der Waals surface area contributed by atoms with Crippen molar-refractivity contribution in [3.8, 4) is 0 Å². The number of hydrogen-bond acceptors (Lipinski definition) is 3. The summed E-state index contributed by atoms with van der Waals surface area (Å²) >= 11 is 5.79. The fourth-order valence-electron chi connectivity index (χ4n) is 3.73. The first kappa shape index (κ1) is 17.7. The highest BCUT2D eigenvalue weighted by Gasteiger charge is 2.42. The Labute approximate surface area is 140 Å². The number of hydrogen-bond donors (Lipinski definition) is 2. The van der Waals surface area contributed by atoms with E-state index in [4.69, 9.17) is 11.6 Å². The SMILES string of the molecule is CC1(C)CC(NC(=O)c2ccc(Cl)cc2[N+](=O)[O-])CC(C)(C)[NH2+]1. The summed E-state index contributed by atoms with van der Waals surface area (Å²) in [5.41, 5.74) is -0.211. The number of nitro groups is 1. The van der Waals surface area contributed by atoms with Crippen LogP contribution >= 0.6 is 11.6 Å². The first-order valence-corrected chi connectivity index (χ1v) is 7.99. The molecule has 0 saturated carbocycles. The number of quaternary nitrogens is 1. The number of carbonyl (C=O) groups is 1. The molecule has 1 aromatic rings. The van der Waals surface area contributed by atoms with Gasteiger partial charge in [0.2, 0.25) is 0 Å². The van der Waals surface area contributed by atoms with Crippen molar-refractivity contribution in [2.24, 2.45) is 0 Å². The van der Waals surface area contributed by atoms with Gasteiger partial charge in [-0.15, -0.1) is 0 Å². The summed E-state index contributed by atoms with van der Waals surface area (Å²) in [7, 11) is 0. The first-order chi connectivity index (χ1) is 10.5. The van der Waals surface area contributed by atoms with Crippen LogP contribution in [0.3, 0.4) is 0 Å². The molecule has 1 aromatic carbocycles. The Kier molecular flexibility index (Phi) is 4.69. The van der Waals surface area contributed by atoms with E-state index in [0.29, 0.717) is 0 Å². The Morgan fingerprint density at radius 1 is 1.30 bits per heavy atom. The summed E-state index contributed by atoms with van der Waals surface area (Å²) in [5, 5.41) is 16.6. The minimum absolute atomic E-state index is 0.00558. The summed E-state index contributed by atoms with van der Waals surface area (Å²) < 4.78 is 0. The van der Waals surface area contributed by atoms with Crippen LogP contribution in [-0.2, 0) is 0 Å². The molecular weight excluding hydrogens is 318 g/mol. The molecule has 0 spiro atoms. The molecule has 0 radical (unpaired) electrons. The normalized spacial score (nSPS) is 20.0. The van der Waals surface area contributed by atoms with Gasteiger partial charge in [0.25, 0.3) is 11.6 Å². The van der Waals surface area contributed by atoms with Gasteiger partial charge in [0.05, 0.1) is 16.0 Å². The maximum absolute atomic E-state index is 12.5. The van der Waals surface area contributed by atoms with E-state index in [0.717, 1.165) is 12.8 Å². The molecule has 2 rings (SSSR count). The van der Waals surface area contributed by atoms with Gasteiger partial charge >= 0.3 is 0 Å². The van der Waals surface area contributed by atoms with Crippen molar-refractivity contribution in [2.75, 3.05) is 0 Å². The van der Waals surface area contributed by atoms with Crippen molar-refractivity contribution in [1.29, 1.82) is 0 Å². The zero-order valence-electron chi connectivity index (χ0n) is 13.9. The topological polar surface area (TPSA) is 88.8 Å². The van der Waals surface area contributed by atoms with Gasteiger partial charge in [-0.2, -0.15) is 0 Å².